The van der Waals surface area contributed by atoms with E-state index in [0.717, 1.165) is 24.7 Å². The molecule has 2 heterocycles. The molecule has 1 aromatic heterocycles. The molecule has 0 bridgehead atoms. The smallest absolute Gasteiger partial charge is 0.0967 e. The molecular weight excluding hydrogens is 240 g/mol. The van der Waals surface area contributed by atoms with Crippen LogP contribution < -0.4 is 5.73 Å². The van der Waals surface area contributed by atoms with Crippen molar-refractivity contribution in [2.24, 2.45) is 11.7 Å². The Balaban J connectivity index is 1.75. The molecule has 0 radical (unpaired) electrons. The van der Waals surface area contributed by atoms with Crippen LogP contribution in [-0.2, 0) is 13.1 Å². The van der Waals surface area contributed by atoms with Gasteiger partial charge in [-0.3, -0.25) is 9.58 Å². The third-order valence-corrected chi connectivity index (χ3v) is 3.66. The summed E-state index contributed by atoms with van der Waals surface area (Å²) in [5.74, 6) is 0.846. The normalized spacial score (nSPS) is 18.3. The van der Waals surface area contributed by atoms with Crippen molar-refractivity contribution >= 4 is 0 Å². The van der Waals surface area contributed by atoms with Gasteiger partial charge in [0.2, 0.25) is 0 Å². The Kier molecular flexibility index (Phi) is 5.30. The summed E-state index contributed by atoms with van der Waals surface area (Å²) in [5, 5.41) is 8.28. The highest BCUT2D eigenvalue weighted by atomic mass is 15.4. The largest absolute Gasteiger partial charge is 0.329 e. The van der Waals surface area contributed by atoms with Crippen LogP contribution in [0.3, 0.4) is 0 Å². The maximum absolute atomic E-state index is 5.51. The Labute approximate surface area is 115 Å². The van der Waals surface area contributed by atoms with Crippen LogP contribution in [0.4, 0.5) is 0 Å². The van der Waals surface area contributed by atoms with Gasteiger partial charge in [-0.2, -0.15) is 0 Å². The first-order valence-corrected chi connectivity index (χ1v) is 7.13. The molecule has 108 valence electrons. The summed E-state index contributed by atoms with van der Waals surface area (Å²) in [4.78, 5) is 4.77. The van der Waals surface area contributed by atoms with Gasteiger partial charge in [0.25, 0.3) is 0 Å². The fraction of sp³-hybridized carbons (Fsp3) is 0.846. The minimum absolute atomic E-state index is 0.610. The molecule has 19 heavy (non-hydrogen) atoms. The number of hydrogen-bond donors (Lipinski definition) is 1. The molecule has 2 N–H and O–H groups in total. The average Bonchev–Trinajstić information content (AvgIpc) is 2.79. The van der Waals surface area contributed by atoms with Crippen LogP contribution in [0, 0.1) is 5.92 Å². The van der Waals surface area contributed by atoms with E-state index in [0.29, 0.717) is 6.54 Å². The predicted octanol–water partition coefficient (Wildman–Crippen LogP) is 0.0104. The Morgan fingerprint density at radius 2 is 2.11 bits per heavy atom. The molecule has 1 fully saturated rings. The van der Waals surface area contributed by atoms with E-state index in [1.165, 1.54) is 32.5 Å². The van der Waals surface area contributed by atoms with Crippen molar-refractivity contribution in [3.05, 3.63) is 11.9 Å². The molecule has 1 aliphatic rings. The number of likely N-dealkylation sites (tertiary alicyclic amines) is 1. The van der Waals surface area contributed by atoms with E-state index < -0.39 is 0 Å². The number of hydrogen-bond acceptors (Lipinski definition) is 5. The van der Waals surface area contributed by atoms with Gasteiger partial charge < -0.3 is 10.6 Å². The highest BCUT2D eigenvalue weighted by Gasteiger charge is 2.20. The topological polar surface area (TPSA) is 63.2 Å². The van der Waals surface area contributed by atoms with Gasteiger partial charge >= 0.3 is 0 Å². The number of nitrogens with zero attached hydrogens (tertiary/aromatic N) is 5. The van der Waals surface area contributed by atoms with Crippen LogP contribution in [-0.4, -0.2) is 65.1 Å². The van der Waals surface area contributed by atoms with Crippen LogP contribution in [0.15, 0.2) is 6.20 Å². The van der Waals surface area contributed by atoms with Crippen LogP contribution in [0.1, 0.15) is 18.5 Å². The van der Waals surface area contributed by atoms with Gasteiger partial charge in [0.05, 0.1) is 12.2 Å². The van der Waals surface area contributed by atoms with E-state index in [9.17, 15) is 0 Å². The van der Waals surface area contributed by atoms with E-state index in [1.54, 1.807) is 0 Å². The lowest BCUT2D eigenvalue weighted by atomic mass is 9.96. The summed E-state index contributed by atoms with van der Waals surface area (Å²) in [6.45, 7) is 5.82. The summed E-state index contributed by atoms with van der Waals surface area (Å²) in [5.41, 5.74) is 6.56. The Morgan fingerprint density at radius 3 is 2.74 bits per heavy atom. The van der Waals surface area contributed by atoms with Crippen LogP contribution in [0.2, 0.25) is 0 Å². The van der Waals surface area contributed by atoms with Gasteiger partial charge in [0, 0.05) is 25.8 Å². The monoisotopic (exact) mass is 266 g/mol. The van der Waals surface area contributed by atoms with Gasteiger partial charge in [-0.15, -0.1) is 5.10 Å². The summed E-state index contributed by atoms with van der Waals surface area (Å²) >= 11 is 0. The number of rotatable bonds is 6. The van der Waals surface area contributed by atoms with Crippen molar-refractivity contribution in [3.8, 4) is 0 Å². The van der Waals surface area contributed by atoms with Gasteiger partial charge in [0.1, 0.15) is 0 Å². The number of nitrogens with two attached hydrogens (primary N) is 1. The Hall–Kier alpha value is -0.980. The fourth-order valence-electron chi connectivity index (χ4n) is 2.73. The minimum Gasteiger partial charge on any atom is -0.329 e. The molecule has 1 aliphatic heterocycles. The zero-order chi connectivity index (χ0) is 13.7. The molecule has 0 spiro atoms. The maximum atomic E-state index is 5.51. The first-order chi connectivity index (χ1) is 9.17. The van der Waals surface area contributed by atoms with E-state index in [1.807, 2.05) is 10.9 Å². The lowest BCUT2D eigenvalue weighted by molar-refractivity contribution is 0.155. The lowest BCUT2D eigenvalue weighted by Crippen LogP contribution is -2.36. The third kappa shape index (κ3) is 4.56. The van der Waals surface area contributed by atoms with Crippen LogP contribution in [0.25, 0.3) is 0 Å². The highest BCUT2D eigenvalue weighted by Crippen LogP contribution is 2.18. The average molecular weight is 266 g/mol. The number of aromatic nitrogens is 3. The Bertz CT molecular complexity index is 367. The second-order valence-electron chi connectivity index (χ2n) is 5.74. The zero-order valence-electron chi connectivity index (χ0n) is 12.1. The van der Waals surface area contributed by atoms with Crippen LogP contribution >= 0.6 is 0 Å². The molecule has 6 heteroatoms. The van der Waals surface area contributed by atoms with Crippen molar-refractivity contribution in [3.63, 3.8) is 0 Å². The Morgan fingerprint density at radius 1 is 1.37 bits per heavy atom. The second-order valence-corrected chi connectivity index (χ2v) is 5.74. The molecule has 0 unspecified atom stereocenters. The highest BCUT2D eigenvalue weighted by molar-refractivity contribution is 4.93. The standard InChI is InChI=1S/C13H26N6/c1-17(2)9-12-3-6-18(7-4-12)10-13-11-19(8-5-14)16-15-13/h11-12H,3-10,14H2,1-2H3. The fourth-order valence-corrected chi connectivity index (χ4v) is 2.73. The molecule has 0 atom stereocenters. The summed E-state index contributed by atoms with van der Waals surface area (Å²) in [7, 11) is 4.31. The van der Waals surface area contributed by atoms with Gasteiger partial charge in [0.15, 0.2) is 0 Å². The summed E-state index contributed by atoms with van der Waals surface area (Å²) in [6.07, 6.45) is 4.59. The predicted molar refractivity (Wildman–Crippen MR) is 75.6 cm³/mol. The molecule has 2 rings (SSSR count). The van der Waals surface area contributed by atoms with E-state index in [2.05, 4.69) is 34.2 Å². The lowest BCUT2D eigenvalue weighted by Gasteiger charge is -2.32. The first-order valence-electron chi connectivity index (χ1n) is 7.13. The first kappa shape index (κ1) is 14.4. The minimum atomic E-state index is 0.610. The number of piperidine rings is 1. The van der Waals surface area contributed by atoms with E-state index in [-0.39, 0.29) is 0 Å². The van der Waals surface area contributed by atoms with Crippen molar-refractivity contribution in [1.29, 1.82) is 0 Å². The van der Waals surface area contributed by atoms with Gasteiger partial charge in [-0.1, -0.05) is 5.21 Å². The van der Waals surface area contributed by atoms with Crippen molar-refractivity contribution in [1.82, 2.24) is 24.8 Å². The maximum Gasteiger partial charge on any atom is 0.0967 e. The molecule has 6 nitrogen and oxygen atoms in total. The molecule has 0 aromatic carbocycles. The molecular formula is C13H26N6. The van der Waals surface area contributed by atoms with E-state index >= 15 is 0 Å². The summed E-state index contributed by atoms with van der Waals surface area (Å²) < 4.78 is 1.83. The van der Waals surface area contributed by atoms with E-state index in [4.69, 9.17) is 5.73 Å². The van der Waals surface area contributed by atoms with Crippen molar-refractivity contribution < 1.29 is 0 Å². The molecule has 1 aromatic rings. The molecule has 0 aliphatic carbocycles. The molecule has 1 saturated heterocycles. The molecule has 0 saturated carbocycles. The molecule has 0 amide bonds. The van der Waals surface area contributed by atoms with Gasteiger partial charge in [-0.05, 0) is 45.9 Å². The zero-order valence-corrected chi connectivity index (χ0v) is 12.1. The summed E-state index contributed by atoms with van der Waals surface area (Å²) in [6, 6.07) is 0. The van der Waals surface area contributed by atoms with Gasteiger partial charge in [-0.25, -0.2) is 0 Å². The van der Waals surface area contributed by atoms with Crippen LogP contribution in [0.5, 0.6) is 0 Å². The SMILES string of the molecule is CN(C)CC1CCN(Cc2cn(CCN)nn2)CC1. The quantitative estimate of drug-likeness (QED) is 0.786. The van der Waals surface area contributed by atoms with Crippen molar-refractivity contribution in [2.75, 3.05) is 40.3 Å². The second kappa shape index (κ2) is 6.98. The van der Waals surface area contributed by atoms with Crippen molar-refractivity contribution in [2.45, 2.75) is 25.9 Å². The third-order valence-electron chi connectivity index (χ3n) is 3.66.